The highest BCUT2D eigenvalue weighted by molar-refractivity contribution is 6.01. The number of aryl methyl sites for hydroxylation is 1. The molecule has 3 aromatic rings. The highest BCUT2D eigenvalue weighted by Gasteiger charge is 2.13. The molecule has 0 saturated heterocycles. The number of carbonyl (C=O) groups is 1. The summed E-state index contributed by atoms with van der Waals surface area (Å²) >= 11 is 0. The summed E-state index contributed by atoms with van der Waals surface area (Å²) in [6.07, 6.45) is 4.97. The average molecular weight is 267 g/mol. The zero-order valence-electron chi connectivity index (χ0n) is 10.9. The number of hydrogen-bond acceptors (Lipinski definition) is 4. The van der Waals surface area contributed by atoms with Crippen molar-refractivity contribution in [1.82, 2.24) is 14.6 Å². The number of hydrogen-bond donors (Lipinski definition) is 2. The predicted molar refractivity (Wildman–Crippen MR) is 76.1 cm³/mol. The van der Waals surface area contributed by atoms with Gasteiger partial charge in [0.15, 0.2) is 0 Å². The minimum absolute atomic E-state index is 0.227. The molecule has 0 spiro atoms. The van der Waals surface area contributed by atoms with E-state index in [9.17, 15) is 4.79 Å². The van der Waals surface area contributed by atoms with Crippen molar-refractivity contribution in [2.45, 2.75) is 6.92 Å². The molecular formula is C14H13N5O. The van der Waals surface area contributed by atoms with E-state index in [0.29, 0.717) is 11.2 Å². The Hall–Kier alpha value is -2.89. The maximum atomic E-state index is 11.3. The highest BCUT2D eigenvalue weighted by Crippen LogP contribution is 2.27. The van der Waals surface area contributed by atoms with Gasteiger partial charge in [0.2, 0.25) is 0 Å². The summed E-state index contributed by atoms with van der Waals surface area (Å²) in [7, 11) is 0. The van der Waals surface area contributed by atoms with Crippen LogP contribution in [0.4, 0.5) is 5.69 Å². The van der Waals surface area contributed by atoms with Crippen LogP contribution in [0.1, 0.15) is 16.1 Å². The quantitative estimate of drug-likeness (QED) is 0.732. The van der Waals surface area contributed by atoms with Crippen molar-refractivity contribution in [2.75, 3.05) is 5.73 Å². The number of nitrogens with two attached hydrogens (primary N) is 2. The van der Waals surface area contributed by atoms with E-state index in [0.717, 1.165) is 16.8 Å². The maximum Gasteiger partial charge on any atom is 0.252 e. The Labute approximate surface area is 115 Å². The molecule has 1 amide bonds. The van der Waals surface area contributed by atoms with Crippen molar-refractivity contribution < 1.29 is 4.79 Å². The standard InChI is InChI=1S/C14H13N5O/c1-8-10(3-2-4-17-8)9-5-12-13(15)11(14(16)20)6-18-19(12)7-9/h2-7H,15H2,1H3,(H2,16,20). The molecule has 0 aliphatic carbocycles. The molecule has 3 heterocycles. The van der Waals surface area contributed by atoms with Crippen LogP contribution in [0.5, 0.6) is 0 Å². The van der Waals surface area contributed by atoms with Gasteiger partial charge in [-0.05, 0) is 19.1 Å². The number of nitrogen functional groups attached to an aromatic ring is 1. The van der Waals surface area contributed by atoms with Gasteiger partial charge < -0.3 is 11.5 Å². The molecule has 4 N–H and O–H groups in total. The summed E-state index contributed by atoms with van der Waals surface area (Å²) in [6.45, 7) is 1.93. The number of carbonyl (C=O) groups excluding carboxylic acids is 1. The lowest BCUT2D eigenvalue weighted by atomic mass is 10.1. The van der Waals surface area contributed by atoms with E-state index in [1.165, 1.54) is 6.20 Å². The summed E-state index contributed by atoms with van der Waals surface area (Å²) in [4.78, 5) is 15.5. The molecule has 6 heteroatoms. The van der Waals surface area contributed by atoms with E-state index in [4.69, 9.17) is 11.5 Å². The third-order valence-electron chi connectivity index (χ3n) is 3.26. The van der Waals surface area contributed by atoms with Gasteiger partial charge in [0, 0.05) is 29.2 Å². The first kappa shape index (κ1) is 12.2. The van der Waals surface area contributed by atoms with E-state index in [1.807, 2.05) is 31.3 Å². The SMILES string of the molecule is Cc1ncccc1-c1cc2c(N)c(C(N)=O)cnn2c1. The van der Waals surface area contributed by atoms with Gasteiger partial charge in [-0.3, -0.25) is 9.78 Å². The fraction of sp³-hybridized carbons (Fsp3) is 0.0714. The van der Waals surface area contributed by atoms with Crippen LogP contribution in [0.15, 0.2) is 36.8 Å². The predicted octanol–water partition coefficient (Wildman–Crippen LogP) is 1.39. The zero-order chi connectivity index (χ0) is 14.3. The van der Waals surface area contributed by atoms with Crippen molar-refractivity contribution in [3.05, 3.63) is 48.0 Å². The number of rotatable bonds is 2. The van der Waals surface area contributed by atoms with E-state index >= 15 is 0 Å². The van der Waals surface area contributed by atoms with Crippen molar-refractivity contribution in [2.24, 2.45) is 5.73 Å². The van der Waals surface area contributed by atoms with Gasteiger partial charge in [0.1, 0.15) is 0 Å². The number of anilines is 1. The smallest absolute Gasteiger partial charge is 0.252 e. The first-order chi connectivity index (χ1) is 9.58. The topological polar surface area (TPSA) is 99.3 Å². The normalized spacial score (nSPS) is 10.8. The Balaban J connectivity index is 2.24. The summed E-state index contributed by atoms with van der Waals surface area (Å²) in [5.41, 5.74) is 15.3. The van der Waals surface area contributed by atoms with E-state index in [-0.39, 0.29) is 5.56 Å². The lowest BCUT2D eigenvalue weighted by Crippen LogP contribution is -2.15. The highest BCUT2D eigenvalue weighted by atomic mass is 16.1. The van der Waals surface area contributed by atoms with Crippen molar-refractivity contribution in [1.29, 1.82) is 0 Å². The summed E-state index contributed by atoms with van der Waals surface area (Å²) in [6, 6.07) is 5.72. The third kappa shape index (κ3) is 1.78. The summed E-state index contributed by atoms with van der Waals surface area (Å²) < 4.78 is 1.63. The van der Waals surface area contributed by atoms with Crippen LogP contribution < -0.4 is 11.5 Å². The lowest BCUT2D eigenvalue weighted by Gasteiger charge is -2.02. The molecule has 100 valence electrons. The monoisotopic (exact) mass is 267 g/mol. The summed E-state index contributed by atoms with van der Waals surface area (Å²) in [5, 5.41) is 4.15. The van der Waals surface area contributed by atoms with E-state index < -0.39 is 5.91 Å². The van der Waals surface area contributed by atoms with Crippen LogP contribution in [-0.4, -0.2) is 20.5 Å². The van der Waals surface area contributed by atoms with Gasteiger partial charge in [0.05, 0.1) is 23.0 Å². The number of amides is 1. The largest absolute Gasteiger partial charge is 0.396 e. The van der Waals surface area contributed by atoms with Crippen LogP contribution >= 0.6 is 0 Å². The number of pyridine rings is 1. The molecular weight excluding hydrogens is 254 g/mol. The molecule has 3 rings (SSSR count). The van der Waals surface area contributed by atoms with Crippen LogP contribution in [0.3, 0.4) is 0 Å². The Bertz CT molecular complexity index is 822. The van der Waals surface area contributed by atoms with Crippen molar-refractivity contribution >= 4 is 17.1 Å². The van der Waals surface area contributed by atoms with E-state index in [1.54, 1.807) is 10.7 Å². The second-order valence-electron chi connectivity index (χ2n) is 4.53. The van der Waals surface area contributed by atoms with Gasteiger partial charge in [-0.25, -0.2) is 4.52 Å². The van der Waals surface area contributed by atoms with Gasteiger partial charge in [-0.1, -0.05) is 6.07 Å². The molecule has 0 radical (unpaired) electrons. The fourth-order valence-corrected chi connectivity index (χ4v) is 2.21. The van der Waals surface area contributed by atoms with Crippen LogP contribution in [0.2, 0.25) is 0 Å². The lowest BCUT2D eigenvalue weighted by molar-refractivity contribution is 0.100. The van der Waals surface area contributed by atoms with Crippen LogP contribution in [-0.2, 0) is 0 Å². The number of fused-ring (bicyclic) bond motifs is 1. The first-order valence-corrected chi connectivity index (χ1v) is 6.06. The molecule has 3 aromatic heterocycles. The van der Waals surface area contributed by atoms with Gasteiger partial charge in [0.25, 0.3) is 5.91 Å². The molecule has 0 bridgehead atoms. The van der Waals surface area contributed by atoms with Crippen LogP contribution in [0.25, 0.3) is 16.6 Å². The Morgan fingerprint density at radius 3 is 2.90 bits per heavy atom. The number of nitrogens with zero attached hydrogens (tertiary/aromatic N) is 3. The van der Waals surface area contributed by atoms with Crippen molar-refractivity contribution in [3.63, 3.8) is 0 Å². The van der Waals surface area contributed by atoms with Gasteiger partial charge in [-0.15, -0.1) is 0 Å². The Morgan fingerprint density at radius 2 is 2.20 bits per heavy atom. The first-order valence-electron chi connectivity index (χ1n) is 6.06. The molecule has 0 aliphatic rings. The zero-order valence-corrected chi connectivity index (χ0v) is 10.9. The second kappa shape index (κ2) is 4.34. The van der Waals surface area contributed by atoms with Crippen LogP contribution in [0, 0.1) is 6.92 Å². The molecule has 6 nitrogen and oxygen atoms in total. The minimum Gasteiger partial charge on any atom is -0.396 e. The average Bonchev–Trinajstić information content (AvgIpc) is 2.84. The third-order valence-corrected chi connectivity index (χ3v) is 3.26. The van der Waals surface area contributed by atoms with E-state index in [2.05, 4.69) is 10.1 Å². The molecule has 0 atom stereocenters. The van der Waals surface area contributed by atoms with Gasteiger partial charge in [-0.2, -0.15) is 5.10 Å². The number of aromatic nitrogens is 3. The fourth-order valence-electron chi connectivity index (χ4n) is 2.21. The molecule has 0 aromatic carbocycles. The number of primary amides is 1. The molecule has 20 heavy (non-hydrogen) atoms. The summed E-state index contributed by atoms with van der Waals surface area (Å²) in [5.74, 6) is -0.585. The Morgan fingerprint density at radius 1 is 1.40 bits per heavy atom. The minimum atomic E-state index is -0.585. The molecule has 0 saturated carbocycles. The second-order valence-corrected chi connectivity index (χ2v) is 4.53. The van der Waals surface area contributed by atoms with Gasteiger partial charge >= 0.3 is 0 Å². The molecule has 0 aliphatic heterocycles. The Kier molecular flexibility index (Phi) is 2.64. The maximum absolute atomic E-state index is 11.3. The molecule has 0 unspecified atom stereocenters. The molecule has 0 fully saturated rings. The van der Waals surface area contributed by atoms with Crippen molar-refractivity contribution in [3.8, 4) is 11.1 Å².